The second-order valence-corrected chi connectivity index (χ2v) is 12.4. The van der Waals surface area contributed by atoms with Crippen LogP contribution in [0, 0.1) is 0 Å². The molecule has 1 aliphatic heterocycles. The lowest BCUT2D eigenvalue weighted by atomic mass is 10.1. The van der Waals surface area contributed by atoms with Crippen LogP contribution in [0.5, 0.6) is 5.75 Å². The standard InChI is InChI=1S/C24H26ClF3N5O2P/c1-35-20-12-17(36(2,3)34)6-8-19(20)31-21-13-30-22-23(32-21)33(10-4-9-29-22)14-15-11-16(24(26,27)28)5-7-18(15)25/h5-8,11-13H,4,9-10,14H2,1-3H3,(H,29,30)(H,31,32). The number of benzene rings is 2. The number of methoxy groups -OCH3 is 1. The quantitative estimate of drug-likeness (QED) is 0.374. The van der Waals surface area contributed by atoms with Gasteiger partial charge in [-0.05, 0) is 61.7 Å². The Kier molecular flexibility index (Phi) is 7.38. The molecule has 0 bridgehead atoms. The third kappa shape index (κ3) is 5.87. The third-order valence-corrected chi connectivity index (χ3v) is 7.65. The van der Waals surface area contributed by atoms with E-state index in [1.807, 2.05) is 4.90 Å². The van der Waals surface area contributed by atoms with Crippen molar-refractivity contribution in [3.63, 3.8) is 0 Å². The monoisotopic (exact) mass is 539 g/mol. The number of rotatable bonds is 6. The summed E-state index contributed by atoms with van der Waals surface area (Å²) in [5.74, 6) is 1.94. The molecule has 0 unspecified atom stereocenters. The van der Waals surface area contributed by atoms with Crippen molar-refractivity contribution < 1.29 is 22.5 Å². The molecule has 7 nitrogen and oxygen atoms in total. The molecule has 0 saturated carbocycles. The molecule has 1 aromatic heterocycles. The highest BCUT2D eigenvalue weighted by Crippen LogP contribution is 2.38. The summed E-state index contributed by atoms with van der Waals surface area (Å²) >= 11 is 6.26. The maximum atomic E-state index is 13.3. The molecule has 2 N–H and O–H groups in total. The molecular weight excluding hydrogens is 514 g/mol. The van der Waals surface area contributed by atoms with Crippen molar-refractivity contribution in [1.29, 1.82) is 0 Å². The number of aromatic nitrogens is 2. The number of anilines is 4. The van der Waals surface area contributed by atoms with Gasteiger partial charge in [0.2, 0.25) is 0 Å². The van der Waals surface area contributed by atoms with E-state index in [0.717, 1.165) is 18.6 Å². The lowest BCUT2D eigenvalue weighted by Gasteiger charge is -2.24. The van der Waals surface area contributed by atoms with Crippen molar-refractivity contribution in [2.45, 2.75) is 19.1 Å². The Morgan fingerprint density at radius 3 is 2.69 bits per heavy atom. The molecule has 1 aliphatic rings. The molecule has 0 fully saturated rings. The maximum absolute atomic E-state index is 13.3. The number of hydrogen-bond acceptors (Lipinski definition) is 7. The van der Waals surface area contributed by atoms with Crippen LogP contribution in [-0.4, -0.2) is 43.5 Å². The Balaban J connectivity index is 1.66. The van der Waals surface area contributed by atoms with Crippen LogP contribution in [0.1, 0.15) is 17.5 Å². The van der Waals surface area contributed by atoms with Crippen LogP contribution < -0.4 is 25.6 Å². The van der Waals surface area contributed by atoms with Gasteiger partial charge in [0.1, 0.15) is 12.9 Å². The zero-order chi connectivity index (χ0) is 26.1. The average Bonchev–Trinajstić information content (AvgIpc) is 3.01. The van der Waals surface area contributed by atoms with E-state index >= 15 is 0 Å². The van der Waals surface area contributed by atoms with Crippen LogP contribution in [0.15, 0.2) is 42.6 Å². The molecule has 0 aliphatic carbocycles. The van der Waals surface area contributed by atoms with Crippen molar-refractivity contribution in [3.05, 3.63) is 58.7 Å². The molecule has 0 atom stereocenters. The number of fused-ring (bicyclic) bond motifs is 1. The van der Waals surface area contributed by atoms with Gasteiger partial charge in [0.05, 0.1) is 24.6 Å². The molecule has 2 aromatic carbocycles. The van der Waals surface area contributed by atoms with E-state index in [1.165, 1.54) is 13.2 Å². The SMILES string of the molecule is COc1cc(P(C)(C)=O)ccc1Nc1cnc2c(n1)N(Cc1cc(C(F)(F)F)ccc1Cl)CCCN2. The van der Waals surface area contributed by atoms with Gasteiger partial charge in [-0.25, -0.2) is 9.97 Å². The zero-order valence-corrected chi connectivity index (χ0v) is 21.6. The predicted molar refractivity (Wildman–Crippen MR) is 138 cm³/mol. The van der Waals surface area contributed by atoms with E-state index < -0.39 is 18.9 Å². The molecule has 36 heavy (non-hydrogen) atoms. The summed E-state index contributed by atoms with van der Waals surface area (Å²) in [6, 6.07) is 8.57. The Labute approximate surface area is 212 Å². The summed E-state index contributed by atoms with van der Waals surface area (Å²) in [4.78, 5) is 11.1. The Bertz CT molecular complexity index is 1320. The summed E-state index contributed by atoms with van der Waals surface area (Å²) in [6.07, 6.45) is -2.17. The predicted octanol–water partition coefficient (Wildman–Crippen LogP) is 5.97. The minimum Gasteiger partial charge on any atom is -0.495 e. The normalized spacial score (nSPS) is 14.0. The van der Waals surface area contributed by atoms with E-state index in [2.05, 4.69) is 15.6 Å². The van der Waals surface area contributed by atoms with Crippen LogP contribution in [-0.2, 0) is 17.3 Å². The third-order valence-electron chi connectivity index (χ3n) is 5.75. The van der Waals surface area contributed by atoms with Gasteiger partial charge in [0, 0.05) is 30.0 Å². The maximum Gasteiger partial charge on any atom is 0.416 e. The molecule has 0 spiro atoms. The van der Waals surface area contributed by atoms with Crippen molar-refractivity contribution in [2.24, 2.45) is 0 Å². The fraction of sp³-hybridized carbons (Fsp3) is 0.333. The van der Waals surface area contributed by atoms with Crippen LogP contribution in [0.25, 0.3) is 0 Å². The topological polar surface area (TPSA) is 79.4 Å². The van der Waals surface area contributed by atoms with E-state index in [9.17, 15) is 17.7 Å². The van der Waals surface area contributed by atoms with Crippen LogP contribution in [0.3, 0.4) is 0 Å². The van der Waals surface area contributed by atoms with Crippen LogP contribution in [0.2, 0.25) is 5.02 Å². The molecule has 3 aromatic rings. The van der Waals surface area contributed by atoms with E-state index in [1.54, 1.807) is 37.7 Å². The van der Waals surface area contributed by atoms with Gasteiger partial charge in [-0.1, -0.05) is 11.6 Å². The highest BCUT2D eigenvalue weighted by molar-refractivity contribution is 7.70. The zero-order valence-electron chi connectivity index (χ0n) is 20.0. The minimum absolute atomic E-state index is 0.135. The number of hydrogen-bond donors (Lipinski definition) is 2. The summed E-state index contributed by atoms with van der Waals surface area (Å²) < 4.78 is 57.7. The first-order valence-electron chi connectivity index (χ1n) is 11.2. The lowest BCUT2D eigenvalue weighted by molar-refractivity contribution is -0.137. The second kappa shape index (κ2) is 10.2. The van der Waals surface area contributed by atoms with Gasteiger partial charge in [0.25, 0.3) is 0 Å². The number of nitrogens with zero attached hydrogens (tertiary/aromatic N) is 3. The molecule has 0 amide bonds. The van der Waals surface area contributed by atoms with Gasteiger partial charge < -0.3 is 24.8 Å². The van der Waals surface area contributed by atoms with Gasteiger partial charge in [-0.2, -0.15) is 13.2 Å². The number of nitrogens with one attached hydrogen (secondary N) is 2. The average molecular weight is 540 g/mol. The first-order valence-corrected chi connectivity index (χ1v) is 14.2. The number of halogens is 4. The highest BCUT2D eigenvalue weighted by Gasteiger charge is 2.31. The molecule has 192 valence electrons. The Morgan fingerprint density at radius 1 is 1.22 bits per heavy atom. The molecule has 4 rings (SSSR count). The van der Waals surface area contributed by atoms with Crippen LogP contribution >= 0.6 is 18.7 Å². The van der Waals surface area contributed by atoms with Crippen molar-refractivity contribution >= 4 is 47.2 Å². The number of alkyl halides is 3. The summed E-state index contributed by atoms with van der Waals surface area (Å²) in [7, 11) is -0.951. The van der Waals surface area contributed by atoms with Crippen molar-refractivity contribution in [2.75, 3.05) is 49.1 Å². The van der Waals surface area contributed by atoms with Gasteiger partial charge >= 0.3 is 6.18 Å². The van der Waals surface area contributed by atoms with Crippen LogP contribution in [0.4, 0.5) is 36.3 Å². The second-order valence-electron chi connectivity index (χ2n) is 8.79. The van der Waals surface area contributed by atoms with Gasteiger partial charge in [-0.3, -0.25) is 0 Å². The highest BCUT2D eigenvalue weighted by atomic mass is 35.5. The van der Waals surface area contributed by atoms with Crippen molar-refractivity contribution in [3.8, 4) is 5.75 Å². The first-order chi connectivity index (χ1) is 17.0. The fourth-order valence-electron chi connectivity index (χ4n) is 3.86. The van der Waals surface area contributed by atoms with Crippen molar-refractivity contribution in [1.82, 2.24) is 9.97 Å². The van der Waals surface area contributed by atoms with E-state index in [0.29, 0.717) is 52.8 Å². The first kappa shape index (κ1) is 26.1. The number of ether oxygens (including phenoxy) is 1. The summed E-state index contributed by atoms with van der Waals surface area (Å²) in [5, 5.41) is 7.33. The largest absolute Gasteiger partial charge is 0.495 e. The molecule has 2 heterocycles. The smallest absolute Gasteiger partial charge is 0.416 e. The fourth-order valence-corrected chi connectivity index (χ4v) is 4.89. The van der Waals surface area contributed by atoms with E-state index in [4.69, 9.17) is 21.3 Å². The molecule has 0 saturated heterocycles. The Morgan fingerprint density at radius 2 is 2.00 bits per heavy atom. The van der Waals surface area contributed by atoms with E-state index in [-0.39, 0.29) is 11.6 Å². The summed E-state index contributed by atoms with van der Waals surface area (Å²) in [5.41, 5.74) is 0.203. The summed E-state index contributed by atoms with van der Waals surface area (Å²) in [6.45, 7) is 4.70. The Hall–Kier alpha value is -2.97. The van der Waals surface area contributed by atoms with Gasteiger partial charge in [0.15, 0.2) is 17.5 Å². The lowest BCUT2D eigenvalue weighted by Crippen LogP contribution is -2.25. The molecule has 12 heteroatoms. The minimum atomic E-state index is -4.47. The van der Waals surface area contributed by atoms with Gasteiger partial charge in [-0.15, -0.1) is 0 Å². The molecular formula is C24H26ClF3N5O2P. The molecule has 0 radical (unpaired) electrons.